The van der Waals surface area contributed by atoms with Crippen LogP contribution in [0.4, 0.5) is 5.69 Å². The zero-order valence-electron chi connectivity index (χ0n) is 10.4. The molecule has 0 radical (unpaired) electrons. The number of hydrogen-bond acceptors (Lipinski definition) is 3. The summed E-state index contributed by atoms with van der Waals surface area (Å²) in [5.74, 6) is 0.911. The number of nitrogens with zero attached hydrogens (tertiary/aromatic N) is 1. The Morgan fingerprint density at radius 2 is 2.16 bits per heavy atom. The third-order valence-corrected chi connectivity index (χ3v) is 3.45. The maximum absolute atomic E-state index is 5.41. The highest BCUT2D eigenvalue weighted by atomic mass is 79.9. The van der Waals surface area contributed by atoms with Crippen molar-refractivity contribution in [3.63, 3.8) is 0 Å². The second-order valence-electron chi connectivity index (χ2n) is 4.41. The van der Waals surface area contributed by atoms with Crippen LogP contribution in [0.15, 0.2) is 57.7 Å². The third kappa shape index (κ3) is 2.49. The van der Waals surface area contributed by atoms with Crippen LogP contribution in [-0.2, 0) is 0 Å². The Morgan fingerprint density at radius 1 is 1.26 bits per heavy atom. The number of anilines is 1. The number of halogens is 1. The van der Waals surface area contributed by atoms with Gasteiger partial charge in [0.05, 0.1) is 23.5 Å². The van der Waals surface area contributed by atoms with E-state index >= 15 is 0 Å². The molecule has 0 saturated heterocycles. The lowest BCUT2D eigenvalue weighted by Gasteiger charge is -2.14. The van der Waals surface area contributed by atoms with Gasteiger partial charge in [0.2, 0.25) is 0 Å². The Balaban J connectivity index is 1.97. The van der Waals surface area contributed by atoms with Crippen molar-refractivity contribution in [2.45, 2.75) is 13.0 Å². The number of nitrogens with one attached hydrogen (secondary N) is 1. The third-order valence-electron chi connectivity index (χ3n) is 3.02. The summed E-state index contributed by atoms with van der Waals surface area (Å²) in [4.78, 5) is 4.48. The Morgan fingerprint density at radius 3 is 2.95 bits per heavy atom. The van der Waals surface area contributed by atoms with Crippen molar-refractivity contribution in [1.29, 1.82) is 0 Å². The molecule has 1 unspecified atom stereocenters. The van der Waals surface area contributed by atoms with Gasteiger partial charge in [0, 0.05) is 16.1 Å². The van der Waals surface area contributed by atoms with E-state index in [-0.39, 0.29) is 6.04 Å². The summed E-state index contributed by atoms with van der Waals surface area (Å²) >= 11 is 3.44. The van der Waals surface area contributed by atoms with Crippen LogP contribution in [0.2, 0.25) is 0 Å². The average Bonchev–Trinajstić information content (AvgIpc) is 2.92. The fourth-order valence-corrected chi connectivity index (χ4v) is 2.44. The number of rotatable bonds is 3. The minimum absolute atomic E-state index is 0.103. The summed E-state index contributed by atoms with van der Waals surface area (Å²) in [6.45, 7) is 2.07. The van der Waals surface area contributed by atoms with E-state index in [4.69, 9.17) is 4.42 Å². The molecule has 1 atom stereocenters. The molecule has 3 aromatic rings. The number of para-hydroxylation sites is 1. The van der Waals surface area contributed by atoms with Crippen molar-refractivity contribution >= 4 is 32.5 Å². The minimum atomic E-state index is 0.103. The number of fused-ring (bicyclic) bond motifs is 1. The van der Waals surface area contributed by atoms with Gasteiger partial charge in [0.1, 0.15) is 5.76 Å². The van der Waals surface area contributed by atoms with E-state index < -0.39 is 0 Å². The van der Waals surface area contributed by atoms with E-state index in [1.807, 2.05) is 30.5 Å². The highest BCUT2D eigenvalue weighted by molar-refractivity contribution is 9.10. The predicted molar refractivity (Wildman–Crippen MR) is 80.2 cm³/mol. The molecule has 0 saturated carbocycles. The van der Waals surface area contributed by atoms with Gasteiger partial charge in [-0.2, -0.15) is 0 Å². The Labute approximate surface area is 119 Å². The summed E-state index contributed by atoms with van der Waals surface area (Å²) in [5.41, 5.74) is 1.97. The topological polar surface area (TPSA) is 38.1 Å². The van der Waals surface area contributed by atoms with Gasteiger partial charge in [-0.05, 0) is 47.1 Å². The molecular formula is C15H13BrN2O. The first-order valence-electron chi connectivity index (χ1n) is 6.08. The number of hydrogen-bond donors (Lipinski definition) is 1. The molecule has 0 fully saturated rings. The van der Waals surface area contributed by atoms with Crippen LogP contribution in [-0.4, -0.2) is 4.98 Å². The first-order chi connectivity index (χ1) is 9.24. The zero-order chi connectivity index (χ0) is 13.2. The second-order valence-corrected chi connectivity index (χ2v) is 5.33. The average molecular weight is 317 g/mol. The summed E-state index contributed by atoms with van der Waals surface area (Å²) in [7, 11) is 0. The molecule has 2 heterocycles. The van der Waals surface area contributed by atoms with E-state index in [2.05, 4.69) is 45.3 Å². The molecule has 0 spiro atoms. The molecule has 2 aromatic heterocycles. The molecular weight excluding hydrogens is 304 g/mol. The quantitative estimate of drug-likeness (QED) is 0.756. The monoisotopic (exact) mass is 316 g/mol. The van der Waals surface area contributed by atoms with Gasteiger partial charge in [0.15, 0.2) is 0 Å². The molecule has 0 aliphatic heterocycles. The lowest BCUT2D eigenvalue weighted by Crippen LogP contribution is -2.06. The number of aromatic nitrogens is 1. The molecule has 3 nitrogen and oxygen atoms in total. The fourth-order valence-electron chi connectivity index (χ4n) is 2.09. The highest BCUT2D eigenvalue weighted by Crippen LogP contribution is 2.27. The summed E-state index contributed by atoms with van der Waals surface area (Å²) < 4.78 is 6.39. The molecule has 96 valence electrons. The van der Waals surface area contributed by atoms with E-state index in [9.17, 15) is 0 Å². The lowest BCUT2D eigenvalue weighted by molar-refractivity contribution is 0.491. The SMILES string of the molecule is CC(Nc1cccc2cc(Br)cnc12)c1ccco1. The van der Waals surface area contributed by atoms with E-state index in [1.165, 1.54) is 0 Å². The standard InChI is InChI=1S/C15H13BrN2O/c1-10(14-6-3-7-19-14)18-13-5-2-4-11-8-12(16)9-17-15(11)13/h2-10,18H,1H3. The molecule has 1 N–H and O–H groups in total. The largest absolute Gasteiger partial charge is 0.467 e. The van der Waals surface area contributed by atoms with Gasteiger partial charge >= 0.3 is 0 Å². The molecule has 3 rings (SSSR count). The van der Waals surface area contributed by atoms with Gasteiger partial charge in [-0.25, -0.2) is 0 Å². The second kappa shape index (κ2) is 5.05. The van der Waals surface area contributed by atoms with Gasteiger partial charge < -0.3 is 9.73 Å². The van der Waals surface area contributed by atoms with Crippen molar-refractivity contribution in [3.05, 3.63) is 59.1 Å². The van der Waals surface area contributed by atoms with Crippen LogP contribution in [0.3, 0.4) is 0 Å². The molecule has 4 heteroatoms. The summed E-state index contributed by atoms with van der Waals surface area (Å²) in [6, 6.07) is 12.1. The molecule has 0 aliphatic carbocycles. The Bertz CT molecular complexity index is 694. The molecule has 0 amide bonds. The van der Waals surface area contributed by atoms with Gasteiger partial charge in [-0.15, -0.1) is 0 Å². The molecule has 0 aliphatic rings. The van der Waals surface area contributed by atoms with Crippen LogP contribution in [0.5, 0.6) is 0 Å². The van der Waals surface area contributed by atoms with Crippen LogP contribution < -0.4 is 5.32 Å². The summed E-state index contributed by atoms with van der Waals surface area (Å²) in [6.07, 6.45) is 3.50. The number of furan rings is 1. The zero-order valence-corrected chi connectivity index (χ0v) is 12.0. The number of pyridine rings is 1. The molecule has 1 aromatic carbocycles. The van der Waals surface area contributed by atoms with Gasteiger partial charge in [0.25, 0.3) is 0 Å². The van der Waals surface area contributed by atoms with Gasteiger partial charge in [-0.1, -0.05) is 12.1 Å². The van der Waals surface area contributed by atoms with Crippen LogP contribution in [0, 0.1) is 0 Å². The Hall–Kier alpha value is -1.81. The van der Waals surface area contributed by atoms with E-state index in [0.717, 1.165) is 26.8 Å². The minimum Gasteiger partial charge on any atom is -0.467 e. The maximum atomic E-state index is 5.41. The molecule has 19 heavy (non-hydrogen) atoms. The van der Waals surface area contributed by atoms with Crippen LogP contribution >= 0.6 is 15.9 Å². The maximum Gasteiger partial charge on any atom is 0.125 e. The van der Waals surface area contributed by atoms with Crippen LogP contribution in [0.25, 0.3) is 10.9 Å². The lowest BCUT2D eigenvalue weighted by atomic mass is 10.1. The van der Waals surface area contributed by atoms with E-state index in [1.54, 1.807) is 6.26 Å². The Kier molecular flexibility index (Phi) is 3.25. The van der Waals surface area contributed by atoms with Gasteiger partial charge in [-0.3, -0.25) is 4.98 Å². The van der Waals surface area contributed by atoms with Crippen LogP contribution in [0.1, 0.15) is 18.7 Å². The normalized spacial score (nSPS) is 12.5. The van der Waals surface area contributed by atoms with Crippen molar-refractivity contribution in [2.24, 2.45) is 0 Å². The first kappa shape index (κ1) is 12.2. The van der Waals surface area contributed by atoms with Crippen molar-refractivity contribution in [2.75, 3.05) is 5.32 Å². The van der Waals surface area contributed by atoms with Crippen molar-refractivity contribution in [1.82, 2.24) is 4.98 Å². The van der Waals surface area contributed by atoms with E-state index in [0.29, 0.717) is 0 Å². The van der Waals surface area contributed by atoms with Crippen molar-refractivity contribution < 1.29 is 4.42 Å². The highest BCUT2D eigenvalue weighted by Gasteiger charge is 2.10. The van der Waals surface area contributed by atoms with Crippen molar-refractivity contribution in [3.8, 4) is 0 Å². The first-order valence-corrected chi connectivity index (χ1v) is 6.87. The smallest absolute Gasteiger partial charge is 0.125 e. The molecule has 0 bridgehead atoms. The fraction of sp³-hybridized carbons (Fsp3) is 0.133. The predicted octanol–water partition coefficient (Wildman–Crippen LogP) is 4.76. The number of benzene rings is 1. The summed E-state index contributed by atoms with van der Waals surface area (Å²) in [5, 5.41) is 4.54.